The molecule has 6 nitrogen and oxygen atoms in total. The molecule has 2 fully saturated rings. The summed E-state index contributed by atoms with van der Waals surface area (Å²) in [5.41, 5.74) is 0.288. The topological polar surface area (TPSA) is 65.6 Å². The number of nitrogens with zero attached hydrogens (tertiary/aromatic N) is 2. The van der Waals surface area contributed by atoms with Gasteiger partial charge in [0.2, 0.25) is 0 Å². The number of carbonyl (C=O) groups is 2. The van der Waals surface area contributed by atoms with Crippen molar-refractivity contribution in [1.82, 2.24) is 14.8 Å². The maximum Gasteiger partial charge on any atom is 0.573 e. The fraction of sp³-hybridized carbons (Fsp3) is 0.429. The summed E-state index contributed by atoms with van der Waals surface area (Å²) < 4.78 is 69.8. The molecule has 1 amide bonds. The number of aromatic nitrogens is 1. The minimum atomic E-state index is -4.88. The molecule has 0 spiro atoms. The first-order valence-corrected chi connectivity index (χ1v) is 13.0. The van der Waals surface area contributed by atoms with Gasteiger partial charge in [-0.15, -0.1) is 13.2 Å². The molecule has 1 N–H and O–H groups in total. The number of rotatable bonds is 7. The predicted octanol–water partition coefficient (Wildman–Crippen LogP) is 5.93. The van der Waals surface area contributed by atoms with Crippen LogP contribution in [0.5, 0.6) is 5.75 Å². The zero-order valence-electron chi connectivity index (χ0n) is 21.1. The van der Waals surface area contributed by atoms with Crippen LogP contribution in [0.3, 0.4) is 0 Å². The van der Waals surface area contributed by atoms with Crippen LogP contribution >= 0.6 is 0 Å². The van der Waals surface area contributed by atoms with Gasteiger partial charge >= 0.3 is 6.36 Å². The number of benzene rings is 2. The molecular formula is C28H28F5N3O3. The van der Waals surface area contributed by atoms with Gasteiger partial charge in [-0.2, -0.15) is 0 Å². The lowest BCUT2D eigenvalue weighted by molar-refractivity contribution is -0.274. The van der Waals surface area contributed by atoms with Crippen LogP contribution in [0.15, 0.2) is 42.5 Å². The maximum atomic E-state index is 15.1. The molecule has 208 valence electrons. The predicted molar refractivity (Wildman–Crippen MR) is 134 cm³/mol. The first-order chi connectivity index (χ1) is 18.6. The maximum absolute atomic E-state index is 15.1. The number of ketones is 1. The van der Waals surface area contributed by atoms with Crippen molar-refractivity contribution in [2.24, 2.45) is 5.92 Å². The first-order valence-electron chi connectivity index (χ1n) is 13.0. The summed E-state index contributed by atoms with van der Waals surface area (Å²) in [6, 6.07) is 8.71. The highest BCUT2D eigenvalue weighted by molar-refractivity contribution is 5.99. The number of hydrogen-bond donors (Lipinski definition) is 1. The van der Waals surface area contributed by atoms with Crippen molar-refractivity contribution in [2.75, 3.05) is 26.2 Å². The molecule has 0 bridgehead atoms. The van der Waals surface area contributed by atoms with Gasteiger partial charge in [-0.1, -0.05) is 0 Å². The first kappa shape index (κ1) is 27.1. The number of hydrogen-bond acceptors (Lipinski definition) is 4. The van der Waals surface area contributed by atoms with E-state index in [9.17, 15) is 27.2 Å². The summed E-state index contributed by atoms with van der Waals surface area (Å²) in [5, 5.41) is 0.0154. The highest BCUT2D eigenvalue weighted by atomic mass is 19.4. The monoisotopic (exact) mass is 549 g/mol. The lowest BCUT2D eigenvalue weighted by Gasteiger charge is -2.33. The van der Waals surface area contributed by atoms with Crippen molar-refractivity contribution in [3.8, 4) is 5.75 Å². The molecule has 0 saturated carbocycles. The second-order valence-corrected chi connectivity index (χ2v) is 10.1. The van der Waals surface area contributed by atoms with E-state index in [4.69, 9.17) is 0 Å². The Balaban J connectivity index is 1.17. The number of piperidine rings is 1. The smallest absolute Gasteiger partial charge is 0.406 e. The Hall–Kier alpha value is -3.47. The Labute approximate surface area is 221 Å². The van der Waals surface area contributed by atoms with Gasteiger partial charge in [0.1, 0.15) is 17.3 Å². The third kappa shape index (κ3) is 6.08. The van der Waals surface area contributed by atoms with Crippen LogP contribution in [0.1, 0.15) is 53.0 Å². The standard InChI is InChI=1S/C28H28F5N3O3/c29-19-5-3-17(4-6-19)26(37)18-9-13-35(14-10-18)15-11-20-2-1-12-36(20)27(38)25-24(30)22-8-7-21(16-23(22)34-25)39-28(31,32)33/h3-8,16,18,20,34H,1-2,9-15H2. The number of Topliss-reactive ketones (excluding diaryl/α,β-unsaturated/α-hetero) is 1. The molecule has 0 aliphatic carbocycles. The number of halogens is 5. The van der Waals surface area contributed by atoms with Gasteiger partial charge in [-0.3, -0.25) is 9.59 Å². The summed E-state index contributed by atoms with van der Waals surface area (Å²) in [6.07, 6.45) is -1.25. The Morgan fingerprint density at radius 3 is 2.38 bits per heavy atom. The van der Waals surface area contributed by atoms with Crippen LogP contribution in [0, 0.1) is 17.6 Å². The number of ether oxygens (including phenoxy) is 1. The SMILES string of the molecule is O=C(c1ccc(F)cc1)C1CCN(CCC2CCCN2C(=O)c2[nH]c3cc(OC(F)(F)F)ccc3c2F)CC1. The number of alkyl halides is 3. The number of fused-ring (bicyclic) bond motifs is 1. The number of amides is 1. The molecule has 2 aromatic carbocycles. The molecular weight excluding hydrogens is 521 g/mol. The summed E-state index contributed by atoms with van der Waals surface area (Å²) in [6.45, 7) is 2.66. The molecule has 1 unspecified atom stereocenters. The lowest BCUT2D eigenvalue weighted by Crippen LogP contribution is -2.41. The van der Waals surface area contributed by atoms with Crippen molar-refractivity contribution in [3.05, 3.63) is 65.4 Å². The van der Waals surface area contributed by atoms with E-state index >= 15 is 4.39 Å². The van der Waals surface area contributed by atoms with E-state index in [1.165, 1.54) is 24.3 Å². The van der Waals surface area contributed by atoms with Gasteiger partial charge in [0, 0.05) is 42.1 Å². The normalized spacial score (nSPS) is 19.1. The van der Waals surface area contributed by atoms with Gasteiger partial charge < -0.3 is 19.5 Å². The molecule has 5 rings (SSSR count). The zero-order valence-corrected chi connectivity index (χ0v) is 21.1. The van der Waals surface area contributed by atoms with Crippen LogP contribution in [-0.4, -0.2) is 65.1 Å². The Bertz CT molecular complexity index is 1350. The quantitative estimate of drug-likeness (QED) is 0.293. The van der Waals surface area contributed by atoms with Gasteiger partial charge in [0.25, 0.3) is 5.91 Å². The fourth-order valence-corrected chi connectivity index (χ4v) is 5.63. The number of aromatic amines is 1. The van der Waals surface area contributed by atoms with Crippen LogP contribution in [-0.2, 0) is 0 Å². The number of H-pyrrole nitrogens is 1. The van der Waals surface area contributed by atoms with E-state index in [1.807, 2.05) is 0 Å². The summed E-state index contributed by atoms with van der Waals surface area (Å²) >= 11 is 0. The highest BCUT2D eigenvalue weighted by Crippen LogP contribution is 2.31. The van der Waals surface area contributed by atoms with Gasteiger partial charge in [0.15, 0.2) is 11.6 Å². The van der Waals surface area contributed by atoms with E-state index in [0.29, 0.717) is 31.4 Å². The third-order valence-electron chi connectivity index (χ3n) is 7.66. The van der Waals surface area contributed by atoms with E-state index in [0.717, 1.165) is 50.7 Å². The average molecular weight is 550 g/mol. The van der Waals surface area contributed by atoms with Gasteiger partial charge in [-0.05, 0) is 81.6 Å². The number of carbonyl (C=O) groups excluding carboxylic acids is 2. The Morgan fingerprint density at radius 1 is 0.974 bits per heavy atom. The highest BCUT2D eigenvalue weighted by Gasteiger charge is 2.34. The zero-order chi connectivity index (χ0) is 27.7. The minimum Gasteiger partial charge on any atom is -0.406 e. The van der Waals surface area contributed by atoms with Crippen LogP contribution in [0.25, 0.3) is 10.9 Å². The van der Waals surface area contributed by atoms with E-state index < -0.39 is 23.8 Å². The summed E-state index contributed by atoms with van der Waals surface area (Å²) in [4.78, 5) is 32.5. The van der Waals surface area contributed by atoms with Crippen molar-refractivity contribution in [2.45, 2.75) is 44.5 Å². The van der Waals surface area contributed by atoms with Crippen LogP contribution < -0.4 is 4.74 Å². The summed E-state index contributed by atoms with van der Waals surface area (Å²) in [7, 11) is 0. The Morgan fingerprint density at radius 2 is 1.69 bits per heavy atom. The molecule has 3 aromatic rings. The van der Waals surface area contributed by atoms with Gasteiger partial charge in [0.05, 0.1) is 5.52 Å². The minimum absolute atomic E-state index is 0.0154. The second-order valence-electron chi connectivity index (χ2n) is 10.1. The molecule has 39 heavy (non-hydrogen) atoms. The van der Waals surface area contributed by atoms with Crippen LogP contribution in [0.4, 0.5) is 22.0 Å². The van der Waals surface area contributed by atoms with E-state index in [-0.39, 0.29) is 40.2 Å². The molecule has 1 aromatic heterocycles. The average Bonchev–Trinajstić information content (AvgIpc) is 3.50. The summed E-state index contributed by atoms with van der Waals surface area (Å²) in [5.74, 6) is -2.28. The fourth-order valence-electron chi connectivity index (χ4n) is 5.63. The second kappa shape index (κ2) is 11.0. The Kier molecular flexibility index (Phi) is 7.61. The molecule has 1 atom stereocenters. The number of likely N-dealkylation sites (tertiary alicyclic amines) is 2. The molecule has 2 aliphatic heterocycles. The van der Waals surface area contributed by atoms with Crippen molar-refractivity contribution in [1.29, 1.82) is 0 Å². The number of nitrogens with one attached hydrogen (secondary N) is 1. The van der Waals surface area contributed by atoms with Crippen LogP contribution in [0.2, 0.25) is 0 Å². The third-order valence-corrected chi connectivity index (χ3v) is 7.66. The van der Waals surface area contributed by atoms with Crippen molar-refractivity contribution < 1.29 is 36.3 Å². The van der Waals surface area contributed by atoms with Crippen molar-refractivity contribution >= 4 is 22.6 Å². The molecule has 2 saturated heterocycles. The van der Waals surface area contributed by atoms with Gasteiger partial charge in [-0.25, -0.2) is 8.78 Å². The van der Waals surface area contributed by atoms with E-state index in [2.05, 4.69) is 14.6 Å². The largest absolute Gasteiger partial charge is 0.573 e. The van der Waals surface area contributed by atoms with E-state index in [1.54, 1.807) is 4.90 Å². The van der Waals surface area contributed by atoms with Crippen molar-refractivity contribution in [3.63, 3.8) is 0 Å². The lowest BCUT2D eigenvalue weighted by atomic mass is 9.88. The molecule has 3 heterocycles. The molecule has 11 heteroatoms. The molecule has 2 aliphatic rings. The molecule has 0 radical (unpaired) electrons.